The molecule has 0 saturated carbocycles. The lowest BCUT2D eigenvalue weighted by Crippen LogP contribution is -2.45. The number of hydrogen-bond acceptors (Lipinski definition) is 3. The van der Waals surface area contributed by atoms with Crippen molar-refractivity contribution >= 4 is 5.69 Å². The Kier molecular flexibility index (Phi) is 6.53. The molecule has 0 heterocycles. The summed E-state index contributed by atoms with van der Waals surface area (Å²) < 4.78 is 81.2. The zero-order valence-corrected chi connectivity index (χ0v) is 17.8. The molecule has 0 saturated heterocycles. The van der Waals surface area contributed by atoms with E-state index in [1.54, 1.807) is 19.1 Å². The molecule has 0 radical (unpaired) electrons. The molecule has 1 aromatic carbocycles. The summed E-state index contributed by atoms with van der Waals surface area (Å²) in [4.78, 5) is 0. The summed E-state index contributed by atoms with van der Waals surface area (Å²) in [5, 5.41) is 9.25. The molecule has 0 aromatic heterocycles. The van der Waals surface area contributed by atoms with E-state index in [1.165, 1.54) is 6.08 Å². The van der Waals surface area contributed by atoms with E-state index in [4.69, 9.17) is 11.5 Å². The summed E-state index contributed by atoms with van der Waals surface area (Å²) in [7, 11) is 0. The topological polar surface area (TPSA) is 75.8 Å². The normalized spacial score (nSPS) is 23.5. The largest absolute Gasteiger partial charge is 0.416 e. The number of alkyl halides is 6. The average Bonchev–Trinajstić information content (AvgIpc) is 2.98. The molecule has 3 atom stereocenters. The Labute approximate surface area is 187 Å². The standard InChI is InChI=1S/C24H23F6N3/c1-22(15-4-2-3-14(13-31)5-6-15,18-11-16(23(25,26)27)7-9-20(18)32)19-12-17(24(28,29)30)8-10-21(19)33/h5-12,18,20H,2-4,32-33H2,1H3. The molecule has 4 N–H and O–H groups in total. The predicted octanol–water partition coefficient (Wildman–Crippen LogP) is 6.11. The van der Waals surface area contributed by atoms with Crippen LogP contribution in [0.15, 0.2) is 65.3 Å². The van der Waals surface area contributed by atoms with Crippen LogP contribution in [0.1, 0.15) is 37.3 Å². The smallest absolute Gasteiger partial charge is 0.398 e. The molecule has 9 heteroatoms. The van der Waals surface area contributed by atoms with Gasteiger partial charge < -0.3 is 11.5 Å². The Hall–Kier alpha value is -2.99. The van der Waals surface area contributed by atoms with Gasteiger partial charge in [-0.3, -0.25) is 0 Å². The van der Waals surface area contributed by atoms with E-state index in [2.05, 4.69) is 6.07 Å². The predicted molar refractivity (Wildman–Crippen MR) is 114 cm³/mol. The van der Waals surface area contributed by atoms with Gasteiger partial charge in [0.05, 0.1) is 17.2 Å². The minimum absolute atomic E-state index is 0.0174. The third-order valence-corrected chi connectivity index (χ3v) is 6.39. The molecule has 0 amide bonds. The first-order chi connectivity index (χ1) is 15.3. The molecule has 3 unspecified atom stereocenters. The molecule has 2 aliphatic carbocycles. The maximum Gasteiger partial charge on any atom is 0.416 e. The number of nitrogens with zero attached hydrogens (tertiary/aromatic N) is 1. The fourth-order valence-electron chi connectivity index (χ4n) is 4.55. The monoisotopic (exact) mass is 467 g/mol. The van der Waals surface area contributed by atoms with Gasteiger partial charge in [0.25, 0.3) is 0 Å². The summed E-state index contributed by atoms with van der Waals surface area (Å²) >= 11 is 0. The average molecular weight is 467 g/mol. The lowest BCUT2D eigenvalue weighted by molar-refractivity contribution is -0.137. The van der Waals surface area contributed by atoms with Gasteiger partial charge in [-0.05, 0) is 49.1 Å². The molecular weight excluding hydrogens is 444 g/mol. The molecule has 1 aromatic rings. The van der Waals surface area contributed by atoms with Crippen LogP contribution in [-0.4, -0.2) is 12.2 Å². The highest BCUT2D eigenvalue weighted by molar-refractivity contribution is 5.58. The number of nitrogen functional groups attached to an aromatic ring is 1. The number of benzene rings is 1. The van der Waals surface area contributed by atoms with Crippen LogP contribution in [0, 0.1) is 17.2 Å². The van der Waals surface area contributed by atoms with Gasteiger partial charge in [-0.15, -0.1) is 0 Å². The molecular formula is C24H23F6N3. The van der Waals surface area contributed by atoms with Gasteiger partial charge in [-0.1, -0.05) is 36.8 Å². The van der Waals surface area contributed by atoms with Crippen LogP contribution < -0.4 is 11.5 Å². The van der Waals surface area contributed by atoms with E-state index in [-0.39, 0.29) is 11.3 Å². The van der Waals surface area contributed by atoms with E-state index < -0.39 is 40.9 Å². The number of nitriles is 1. The Morgan fingerprint density at radius 1 is 1.03 bits per heavy atom. The van der Waals surface area contributed by atoms with E-state index >= 15 is 0 Å². The van der Waals surface area contributed by atoms with Crippen molar-refractivity contribution in [2.45, 2.75) is 50.0 Å². The molecule has 2 aliphatic rings. The molecule has 176 valence electrons. The van der Waals surface area contributed by atoms with Crippen molar-refractivity contribution in [2.75, 3.05) is 5.73 Å². The molecule has 0 aliphatic heterocycles. The molecule has 3 rings (SSSR count). The Bertz CT molecular complexity index is 1080. The zero-order chi connectivity index (χ0) is 24.6. The Morgan fingerprint density at radius 3 is 2.33 bits per heavy atom. The second-order valence-corrected chi connectivity index (χ2v) is 8.43. The molecule has 3 nitrogen and oxygen atoms in total. The third kappa shape index (κ3) is 4.86. The van der Waals surface area contributed by atoms with Gasteiger partial charge in [-0.25, -0.2) is 0 Å². The lowest BCUT2D eigenvalue weighted by atomic mass is 9.61. The highest BCUT2D eigenvalue weighted by Gasteiger charge is 2.46. The molecule has 0 bridgehead atoms. The van der Waals surface area contributed by atoms with Crippen LogP contribution in [0.4, 0.5) is 32.0 Å². The zero-order valence-electron chi connectivity index (χ0n) is 17.8. The maximum absolute atomic E-state index is 13.5. The second-order valence-electron chi connectivity index (χ2n) is 8.43. The van der Waals surface area contributed by atoms with Gasteiger partial charge in [0.2, 0.25) is 0 Å². The number of rotatable bonds is 3. The second kappa shape index (κ2) is 8.75. The minimum atomic E-state index is -4.67. The minimum Gasteiger partial charge on any atom is -0.398 e. The van der Waals surface area contributed by atoms with Gasteiger partial charge in [0.15, 0.2) is 0 Å². The number of halogens is 6. The fourth-order valence-corrected chi connectivity index (χ4v) is 4.55. The van der Waals surface area contributed by atoms with E-state index in [0.717, 1.165) is 30.4 Å². The number of hydrogen-bond donors (Lipinski definition) is 2. The summed E-state index contributed by atoms with van der Waals surface area (Å²) in [6.07, 6.45) is -1.77. The van der Waals surface area contributed by atoms with E-state index in [0.29, 0.717) is 30.4 Å². The van der Waals surface area contributed by atoms with Crippen LogP contribution in [0.2, 0.25) is 0 Å². The first kappa shape index (κ1) is 24.6. The number of nitrogens with two attached hydrogens (primary N) is 2. The molecule has 33 heavy (non-hydrogen) atoms. The van der Waals surface area contributed by atoms with Crippen LogP contribution in [-0.2, 0) is 11.6 Å². The molecule has 0 fully saturated rings. The Morgan fingerprint density at radius 2 is 1.73 bits per heavy atom. The highest BCUT2D eigenvalue weighted by atomic mass is 19.4. The van der Waals surface area contributed by atoms with Crippen molar-refractivity contribution in [3.8, 4) is 6.07 Å². The van der Waals surface area contributed by atoms with Crippen molar-refractivity contribution in [1.29, 1.82) is 5.26 Å². The van der Waals surface area contributed by atoms with Crippen LogP contribution in [0.3, 0.4) is 0 Å². The third-order valence-electron chi connectivity index (χ3n) is 6.39. The quantitative estimate of drug-likeness (QED) is 0.416. The van der Waals surface area contributed by atoms with Gasteiger partial charge in [0, 0.05) is 28.6 Å². The number of allylic oxidation sites excluding steroid dienone is 6. The van der Waals surface area contributed by atoms with Crippen molar-refractivity contribution in [1.82, 2.24) is 0 Å². The number of anilines is 1. The Balaban J connectivity index is 2.30. The van der Waals surface area contributed by atoms with Crippen LogP contribution >= 0.6 is 0 Å². The van der Waals surface area contributed by atoms with Crippen LogP contribution in [0.25, 0.3) is 0 Å². The summed E-state index contributed by atoms with van der Waals surface area (Å²) in [5.41, 5.74) is 10.2. The lowest BCUT2D eigenvalue weighted by Gasteiger charge is -2.43. The van der Waals surface area contributed by atoms with Crippen molar-refractivity contribution in [3.05, 3.63) is 76.4 Å². The fraction of sp³-hybridized carbons (Fsp3) is 0.375. The van der Waals surface area contributed by atoms with Gasteiger partial charge >= 0.3 is 12.4 Å². The van der Waals surface area contributed by atoms with Crippen molar-refractivity contribution in [3.63, 3.8) is 0 Å². The molecule has 0 spiro atoms. The van der Waals surface area contributed by atoms with Gasteiger partial charge in [0.1, 0.15) is 0 Å². The van der Waals surface area contributed by atoms with Crippen LogP contribution in [0.5, 0.6) is 0 Å². The summed E-state index contributed by atoms with van der Waals surface area (Å²) in [6.45, 7) is 1.57. The van der Waals surface area contributed by atoms with Crippen molar-refractivity contribution < 1.29 is 26.3 Å². The first-order valence-electron chi connectivity index (χ1n) is 10.3. The summed E-state index contributed by atoms with van der Waals surface area (Å²) in [5.74, 6) is -1.03. The van der Waals surface area contributed by atoms with E-state index in [1.807, 2.05) is 0 Å². The van der Waals surface area contributed by atoms with E-state index in [9.17, 15) is 31.6 Å². The highest BCUT2D eigenvalue weighted by Crippen LogP contribution is 2.49. The SMILES string of the molecule is CC(C1=CC=C(C#N)CCC1)(c1cc(C(F)(F)F)ccc1N)C1C=C(C(F)(F)F)C=CC1N. The van der Waals surface area contributed by atoms with Crippen molar-refractivity contribution in [2.24, 2.45) is 11.7 Å². The summed E-state index contributed by atoms with van der Waals surface area (Å²) in [6, 6.07) is 4.00. The first-order valence-corrected chi connectivity index (χ1v) is 10.3. The maximum atomic E-state index is 13.5. The van der Waals surface area contributed by atoms with Gasteiger partial charge in [-0.2, -0.15) is 31.6 Å².